The maximum absolute atomic E-state index is 15.5. The van der Waals surface area contributed by atoms with Crippen LogP contribution >= 0.6 is 0 Å². The number of piperazine rings is 1. The van der Waals surface area contributed by atoms with Crippen molar-refractivity contribution in [2.75, 3.05) is 18.0 Å². The molecule has 26 heavy (non-hydrogen) atoms. The van der Waals surface area contributed by atoms with Crippen molar-refractivity contribution in [1.29, 1.82) is 0 Å². The first-order chi connectivity index (χ1) is 12.5. The number of carboxylic acids is 1. The summed E-state index contributed by atoms with van der Waals surface area (Å²) in [6.45, 7) is 1.19. The predicted molar refractivity (Wildman–Crippen MR) is 90.9 cm³/mol. The summed E-state index contributed by atoms with van der Waals surface area (Å²) in [5.74, 6) is -2.97. The largest absolute Gasteiger partial charge is 0.477 e. The SMILES string of the molecule is O=C(O)c1cn(C2CC2)c2c(F)c(N3C[C@H]4C[C@@H]3CN4)c(F)cc2c1=O. The minimum Gasteiger partial charge on any atom is -0.477 e. The summed E-state index contributed by atoms with van der Waals surface area (Å²) in [6.07, 6.45) is 3.60. The number of hydrogen-bond donors (Lipinski definition) is 2. The van der Waals surface area contributed by atoms with Crippen LogP contribution in [0.3, 0.4) is 0 Å². The average molecular weight is 361 g/mol. The quantitative estimate of drug-likeness (QED) is 0.873. The summed E-state index contributed by atoms with van der Waals surface area (Å²) in [7, 11) is 0. The second-order valence-corrected chi connectivity index (χ2v) is 7.38. The lowest BCUT2D eigenvalue weighted by Crippen LogP contribution is -2.44. The zero-order valence-electron chi connectivity index (χ0n) is 13.8. The van der Waals surface area contributed by atoms with Gasteiger partial charge in [-0.15, -0.1) is 0 Å². The summed E-state index contributed by atoms with van der Waals surface area (Å²) < 4.78 is 31.8. The highest BCUT2D eigenvalue weighted by atomic mass is 19.1. The Morgan fingerprint density at radius 1 is 1.27 bits per heavy atom. The summed E-state index contributed by atoms with van der Waals surface area (Å²) in [5.41, 5.74) is -1.41. The molecule has 1 saturated carbocycles. The number of aromatic nitrogens is 1. The van der Waals surface area contributed by atoms with E-state index >= 15 is 4.39 Å². The number of anilines is 1. The number of fused-ring (bicyclic) bond motifs is 3. The Morgan fingerprint density at radius 3 is 2.62 bits per heavy atom. The monoisotopic (exact) mass is 361 g/mol. The van der Waals surface area contributed by atoms with Crippen LogP contribution in [0.2, 0.25) is 0 Å². The highest BCUT2D eigenvalue weighted by Gasteiger charge is 2.41. The van der Waals surface area contributed by atoms with Crippen molar-refractivity contribution >= 4 is 22.6 Å². The van der Waals surface area contributed by atoms with Gasteiger partial charge in [-0.1, -0.05) is 0 Å². The van der Waals surface area contributed by atoms with E-state index in [0.29, 0.717) is 13.1 Å². The fourth-order valence-corrected chi connectivity index (χ4v) is 4.32. The minimum atomic E-state index is -1.39. The number of benzene rings is 1. The number of carbonyl (C=O) groups is 1. The Hall–Kier alpha value is -2.48. The minimum absolute atomic E-state index is 0.00892. The van der Waals surface area contributed by atoms with Crippen molar-refractivity contribution in [2.45, 2.75) is 37.4 Å². The molecule has 0 amide bonds. The first-order valence-corrected chi connectivity index (χ1v) is 8.76. The van der Waals surface area contributed by atoms with Crippen molar-refractivity contribution in [3.63, 3.8) is 0 Å². The second kappa shape index (κ2) is 5.26. The number of pyridine rings is 1. The van der Waals surface area contributed by atoms with Crippen molar-refractivity contribution in [1.82, 2.24) is 9.88 Å². The summed E-state index contributed by atoms with van der Waals surface area (Å²) in [6, 6.07) is 1.19. The van der Waals surface area contributed by atoms with Crippen LogP contribution in [0.1, 0.15) is 35.7 Å². The van der Waals surface area contributed by atoms with Crippen molar-refractivity contribution in [3.8, 4) is 0 Å². The van der Waals surface area contributed by atoms with Crippen LogP contribution in [0.15, 0.2) is 17.1 Å². The lowest BCUT2D eigenvalue weighted by Gasteiger charge is -2.30. The normalized spacial score (nSPS) is 24.6. The van der Waals surface area contributed by atoms with E-state index in [4.69, 9.17) is 0 Å². The molecule has 3 fully saturated rings. The molecule has 2 aliphatic heterocycles. The van der Waals surface area contributed by atoms with Crippen molar-refractivity contribution < 1.29 is 18.7 Å². The molecule has 2 N–H and O–H groups in total. The van der Waals surface area contributed by atoms with E-state index in [9.17, 15) is 19.1 Å². The molecule has 2 bridgehead atoms. The molecule has 2 saturated heterocycles. The number of nitrogens with one attached hydrogen (secondary N) is 1. The van der Waals surface area contributed by atoms with Gasteiger partial charge in [0.05, 0.1) is 10.9 Å². The third-order valence-corrected chi connectivity index (χ3v) is 5.70. The predicted octanol–water partition coefficient (Wildman–Crippen LogP) is 1.86. The van der Waals surface area contributed by atoms with Gasteiger partial charge < -0.3 is 19.9 Å². The Labute approximate surface area is 147 Å². The third-order valence-electron chi connectivity index (χ3n) is 5.70. The van der Waals surface area contributed by atoms with Gasteiger partial charge >= 0.3 is 5.97 Å². The lowest BCUT2D eigenvalue weighted by molar-refractivity contribution is 0.0695. The van der Waals surface area contributed by atoms with E-state index in [1.54, 1.807) is 4.90 Å². The smallest absolute Gasteiger partial charge is 0.341 e. The van der Waals surface area contributed by atoms with Crippen LogP contribution in [0, 0.1) is 11.6 Å². The van der Waals surface area contributed by atoms with Crippen LogP contribution in [0.4, 0.5) is 14.5 Å². The molecule has 0 unspecified atom stereocenters. The maximum atomic E-state index is 15.5. The molecule has 1 aromatic carbocycles. The van der Waals surface area contributed by atoms with Gasteiger partial charge in [0.25, 0.3) is 0 Å². The molecule has 2 atom stereocenters. The van der Waals surface area contributed by atoms with E-state index < -0.39 is 28.6 Å². The first kappa shape index (κ1) is 15.7. The van der Waals surface area contributed by atoms with Gasteiger partial charge in [0, 0.05) is 37.4 Å². The Bertz CT molecular complexity index is 1020. The lowest BCUT2D eigenvalue weighted by atomic mass is 10.1. The van der Waals surface area contributed by atoms with Crippen LogP contribution < -0.4 is 15.6 Å². The summed E-state index contributed by atoms with van der Waals surface area (Å²) in [4.78, 5) is 25.6. The molecular formula is C18H17F2N3O3. The third kappa shape index (κ3) is 2.11. The molecule has 1 aliphatic carbocycles. The molecule has 8 heteroatoms. The Kier molecular flexibility index (Phi) is 3.19. The van der Waals surface area contributed by atoms with E-state index in [1.165, 1.54) is 10.8 Å². The van der Waals surface area contributed by atoms with Gasteiger partial charge in [0.1, 0.15) is 17.1 Å². The van der Waals surface area contributed by atoms with Crippen LogP contribution in [-0.2, 0) is 0 Å². The highest BCUT2D eigenvalue weighted by Crippen LogP contribution is 2.41. The standard InChI is InChI=1S/C18H17F2N3O3/c19-13-4-11-15(14(20)16(13)22-6-8-3-10(22)5-21-8)23(9-1-2-9)7-12(17(11)24)18(25)26/h4,7-10,21H,1-3,5-6H2,(H,25,26)/t8-,10-/m1/s1. The number of nitrogens with zero attached hydrogens (tertiary/aromatic N) is 2. The van der Waals surface area contributed by atoms with Crippen molar-refractivity contribution in [3.05, 3.63) is 39.7 Å². The zero-order chi connectivity index (χ0) is 18.2. The fourth-order valence-electron chi connectivity index (χ4n) is 4.32. The average Bonchev–Trinajstić information content (AvgIpc) is 3.22. The molecule has 0 spiro atoms. The first-order valence-electron chi connectivity index (χ1n) is 8.76. The van der Waals surface area contributed by atoms with E-state index in [1.807, 2.05) is 0 Å². The molecule has 2 aromatic rings. The maximum Gasteiger partial charge on any atom is 0.341 e. The van der Waals surface area contributed by atoms with Crippen molar-refractivity contribution in [2.24, 2.45) is 0 Å². The second-order valence-electron chi connectivity index (χ2n) is 7.38. The molecule has 3 heterocycles. The van der Waals surface area contributed by atoms with E-state index in [2.05, 4.69) is 5.32 Å². The van der Waals surface area contributed by atoms with Gasteiger partial charge in [-0.25, -0.2) is 13.6 Å². The molecule has 1 aromatic heterocycles. The number of halogens is 2. The Balaban J connectivity index is 1.79. The topological polar surface area (TPSA) is 74.6 Å². The van der Waals surface area contributed by atoms with E-state index in [0.717, 1.165) is 25.3 Å². The van der Waals surface area contributed by atoms with Gasteiger partial charge in [0.15, 0.2) is 5.82 Å². The summed E-state index contributed by atoms with van der Waals surface area (Å²) >= 11 is 0. The molecule has 3 aliphatic rings. The highest BCUT2D eigenvalue weighted by molar-refractivity contribution is 5.94. The molecule has 6 nitrogen and oxygen atoms in total. The fraction of sp³-hybridized carbons (Fsp3) is 0.444. The molecule has 5 rings (SSSR count). The Morgan fingerprint density at radius 2 is 2.04 bits per heavy atom. The molecular weight excluding hydrogens is 344 g/mol. The number of carboxylic acid groups (broad SMARTS) is 1. The van der Waals surface area contributed by atoms with Gasteiger partial charge in [0.2, 0.25) is 5.43 Å². The van der Waals surface area contributed by atoms with Crippen LogP contribution in [-0.4, -0.2) is 40.8 Å². The van der Waals surface area contributed by atoms with Gasteiger partial charge in [-0.2, -0.15) is 0 Å². The van der Waals surface area contributed by atoms with Gasteiger partial charge in [-0.05, 0) is 25.3 Å². The number of rotatable bonds is 3. The van der Waals surface area contributed by atoms with Crippen LogP contribution in [0.5, 0.6) is 0 Å². The molecule has 0 radical (unpaired) electrons. The summed E-state index contributed by atoms with van der Waals surface area (Å²) in [5, 5.41) is 12.4. The zero-order valence-corrected chi connectivity index (χ0v) is 13.8. The van der Waals surface area contributed by atoms with E-state index in [-0.39, 0.29) is 34.7 Å². The van der Waals surface area contributed by atoms with Gasteiger partial charge in [-0.3, -0.25) is 4.79 Å². The number of aromatic carboxylic acids is 1. The van der Waals surface area contributed by atoms with Crippen LogP contribution in [0.25, 0.3) is 10.9 Å². The number of hydrogen-bond acceptors (Lipinski definition) is 4. The molecule has 136 valence electrons.